The summed E-state index contributed by atoms with van der Waals surface area (Å²) in [5.74, 6) is -1.08. The largest absolute Gasteiger partial charge is 0.445 e. The second-order valence-electron chi connectivity index (χ2n) is 3.81. The van der Waals surface area contributed by atoms with Crippen molar-refractivity contribution in [1.29, 1.82) is 0 Å². The molecule has 0 saturated heterocycles. The van der Waals surface area contributed by atoms with Crippen LogP contribution in [-0.4, -0.2) is 4.92 Å². The highest BCUT2D eigenvalue weighted by molar-refractivity contribution is 9.08. The summed E-state index contributed by atoms with van der Waals surface area (Å²) in [6.45, 7) is 0. The quantitative estimate of drug-likeness (QED) is 0.434. The Hall–Kier alpha value is -1.66. The zero-order valence-electron chi connectivity index (χ0n) is 9.98. The highest BCUT2D eigenvalue weighted by Crippen LogP contribution is 2.39. The lowest BCUT2D eigenvalue weighted by Crippen LogP contribution is -1.98. The van der Waals surface area contributed by atoms with Crippen molar-refractivity contribution >= 4 is 33.2 Å². The number of ether oxygens (including phenoxy) is 1. The highest BCUT2D eigenvalue weighted by Gasteiger charge is 2.22. The van der Waals surface area contributed by atoms with Gasteiger partial charge in [-0.25, -0.2) is 4.39 Å². The van der Waals surface area contributed by atoms with Crippen molar-refractivity contribution in [1.82, 2.24) is 0 Å². The molecule has 0 amide bonds. The van der Waals surface area contributed by atoms with E-state index in [1.54, 1.807) is 18.2 Å². The fourth-order valence-corrected chi connectivity index (χ4v) is 2.29. The Labute approximate surface area is 127 Å². The smallest absolute Gasteiger partial charge is 0.314 e. The van der Waals surface area contributed by atoms with E-state index in [4.69, 9.17) is 16.3 Å². The van der Waals surface area contributed by atoms with Crippen molar-refractivity contribution in [2.24, 2.45) is 0 Å². The third kappa shape index (κ3) is 2.91. The Bertz CT molecular complexity index is 666. The number of nitrogens with zero attached hydrogens (tertiary/aromatic N) is 1. The van der Waals surface area contributed by atoms with Crippen LogP contribution in [0.2, 0.25) is 5.02 Å². The maximum Gasteiger partial charge on any atom is 0.314 e. The predicted octanol–water partition coefficient (Wildman–Crippen LogP) is 5.07. The van der Waals surface area contributed by atoms with Gasteiger partial charge >= 0.3 is 5.69 Å². The summed E-state index contributed by atoms with van der Waals surface area (Å²) >= 11 is 9.26. The Morgan fingerprint density at radius 2 is 1.95 bits per heavy atom. The zero-order chi connectivity index (χ0) is 14.7. The van der Waals surface area contributed by atoms with Crippen LogP contribution < -0.4 is 4.74 Å². The van der Waals surface area contributed by atoms with Crippen LogP contribution in [0.25, 0.3) is 0 Å². The van der Waals surface area contributed by atoms with Gasteiger partial charge in [0, 0.05) is 17.0 Å². The van der Waals surface area contributed by atoms with Crippen LogP contribution in [-0.2, 0) is 5.33 Å². The molecule has 0 heterocycles. The molecule has 0 saturated carbocycles. The third-order valence-corrected chi connectivity index (χ3v) is 3.44. The Kier molecular flexibility index (Phi) is 4.57. The first-order chi connectivity index (χ1) is 9.54. The number of alkyl halides is 1. The second kappa shape index (κ2) is 6.19. The normalized spacial score (nSPS) is 10.3. The molecule has 0 spiro atoms. The van der Waals surface area contributed by atoms with E-state index in [9.17, 15) is 14.5 Å². The minimum atomic E-state index is -0.820. The average Bonchev–Trinajstić information content (AvgIpc) is 2.42. The van der Waals surface area contributed by atoms with Gasteiger partial charge in [-0.3, -0.25) is 10.1 Å². The van der Waals surface area contributed by atoms with Gasteiger partial charge in [-0.2, -0.15) is 0 Å². The average molecular weight is 361 g/mol. The highest BCUT2D eigenvalue weighted by atomic mass is 79.9. The van der Waals surface area contributed by atoms with E-state index >= 15 is 0 Å². The van der Waals surface area contributed by atoms with Gasteiger partial charge in [0.1, 0.15) is 0 Å². The van der Waals surface area contributed by atoms with E-state index in [0.717, 1.165) is 6.07 Å². The molecular formula is C13H8BrClFNO3. The minimum absolute atomic E-state index is 0.194. The SMILES string of the molecule is O=[N+]([O-])c1cccc(F)c1Oc1c(Cl)cccc1CBr. The molecule has 0 fully saturated rings. The van der Waals surface area contributed by atoms with Crippen molar-refractivity contribution in [3.8, 4) is 11.5 Å². The van der Waals surface area contributed by atoms with Crippen LogP contribution in [0, 0.1) is 15.9 Å². The van der Waals surface area contributed by atoms with Crippen molar-refractivity contribution < 1.29 is 14.1 Å². The van der Waals surface area contributed by atoms with Crippen molar-refractivity contribution in [3.05, 3.63) is 62.9 Å². The molecule has 2 aromatic carbocycles. The van der Waals surface area contributed by atoms with Gasteiger partial charge in [0.05, 0.1) is 9.95 Å². The van der Waals surface area contributed by atoms with Crippen LogP contribution in [0.4, 0.5) is 10.1 Å². The number of halogens is 3. The Morgan fingerprint density at radius 1 is 1.25 bits per heavy atom. The van der Waals surface area contributed by atoms with E-state index in [2.05, 4.69) is 15.9 Å². The monoisotopic (exact) mass is 359 g/mol. The first-order valence-corrected chi connectivity index (χ1v) is 6.98. The predicted molar refractivity (Wildman–Crippen MR) is 77.2 cm³/mol. The van der Waals surface area contributed by atoms with E-state index < -0.39 is 22.2 Å². The molecular weight excluding hydrogens is 353 g/mol. The fraction of sp³-hybridized carbons (Fsp3) is 0.0769. The van der Waals surface area contributed by atoms with Gasteiger partial charge < -0.3 is 4.74 Å². The van der Waals surface area contributed by atoms with Crippen LogP contribution in [0.3, 0.4) is 0 Å². The molecule has 0 aliphatic heterocycles. The van der Waals surface area contributed by atoms with Crippen molar-refractivity contribution in [2.45, 2.75) is 5.33 Å². The van der Waals surface area contributed by atoms with Gasteiger partial charge in [-0.05, 0) is 12.1 Å². The third-order valence-electron chi connectivity index (χ3n) is 2.54. The first-order valence-electron chi connectivity index (χ1n) is 5.48. The summed E-state index contributed by atoms with van der Waals surface area (Å²) in [4.78, 5) is 10.2. The number of benzene rings is 2. The molecule has 2 rings (SSSR count). The molecule has 7 heteroatoms. The number of nitro groups is 1. The summed E-state index contributed by atoms with van der Waals surface area (Å²) in [6.07, 6.45) is 0. The summed E-state index contributed by atoms with van der Waals surface area (Å²) in [7, 11) is 0. The number of hydrogen-bond donors (Lipinski definition) is 0. The van der Waals surface area contributed by atoms with Crippen LogP contribution in [0.1, 0.15) is 5.56 Å². The molecule has 0 radical (unpaired) electrons. The number of para-hydroxylation sites is 2. The lowest BCUT2D eigenvalue weighted by atomic mass is 10.2. The Balaban J connectivity index is 2.53. The molecule has 0 N–H and O–H groups in total. The second-order valence-corrected chi connectivity index (χ2v) is 4.78. The lowest BCUT2D eigenvalue weighted by molar-refractivity contribution is -0.385. The molecule has 4 nitrogen and oxygen atoms in total. The molecule has 0 aromatic heterocycles. The van der Waals surface area contributed by atoms with Gasteiger partial charge in [-0.15, -0.1) is 0 Å². The summed E-state index contributed by atoms with van der Waals surface area (Å²) in [5.41, 5.74) is 0.209. The van der Waals surface area contributed by atoms with Gasteiger partial charge in [0.2, 0.25) is 5.75 Å². The Morgan fingerprint density at radius 3 is 2.60 bits per heavy atom. The zero-order valence-corrected chi connectivity index (χ0v) is 12.3. The molecule has 20 heavy (non-hydrogen) atoms. The van der Waals surface area contributed by atoms with Crippen LogP contribution in [0.5, 0.6) is 11.5 Å². The van der Waals surface area contributed by atoms with Crippen LogP contribution in [0.15, 0.2) is 36.4 Å². The minimum Gasteiger partial charge on any atom is -0.445 e. The van der Waals surface area contributed by atoms with Gasteiger partial charge in [-0.1, -0.05) is 45.7 Å². The molecule has 0 aliphatic rings. The van der Waals surface area contributed by atoms with E-state index in [-0.39, 0.29) is 10.8 Å². The molecule has 2 aromatic rings. The summed E-state index contributed by atoms with van der Waals surface area (Å²) in [5, 5.41) is 11.6. The summed E-state index contributed by atoms with van der Waals surface area (Å²) in [6, 6.07) is 8.51. The standard InChI is InChI=1S/C13H8BrClFNO3/c14-7-8-3-1-4-9(15)12(8)20-13-10(16)5-2-6-11(13)17(18)19/h1-6H,7H2. The summed E-state index contributed by atoms with van der Waals surface area (Å²) < 4.78 is 19.2. The van der Waals surface area contributed by atoms with Gasteiger partial charge in [0.25, 0.3) is 0 Å². The lowest BCUT2D eigenvalue weighted by Gasteiger charge is -2.12. The maximum atomic E-state index is 13.8. The fourth-order valence-electron chi connectivity index (χ4n) is 1.62. The van der Waals surface area contributed by atoms with Crippen molar-refractivity contribution in [3.63, 3.8) is 0 Å². The number of hydrogen-bond acceptors (Lipinski definition) is 3. The molecule has 0 bridgehead atoms. The molecule has 0 unspecified atom stereocenters. The van der Waals surface area contributed by atoms with E-state index in [1.807, 2.05) is 0 Å². The first kappa shape index (κ1) is 14.7. The van der Waals surface area contributed by atoms with E-state index in [0.29, 0.717) is 10.9 Å². The topological polar surface area (TPSA) is 52.4 Å². The number of nitro benzene ring substituents is 1. The maximum absolute atomic E-state index is 13.8. The molecule has 0 atom stereocenters. The molecule has 104 valence electrons. The van der Waals surface area contributed by atoms with Crippen molar-refractivity contribution in [2.75, 3.05) is 0 Å². The van der Waals surface area contributed by atoms with Crippen LogP contribution >= 0.6 is 27.5 Å². The molecule has 0 aliphatic carbocycles. The number of rotatable bonds is 4. The van der Waals surface area contributed by atoms with E-state index in [1.165, 1.54) is 12.1 Å². The van der Waals surface area contributed by atoms with Gasteiger partial charge in [0.15, 0.2) is 11.6 Å².